The van der Waals surface area contributed by atoms with Gasteiger partial charge in [0.2, 0.25) is 0 Å². The quantitative estimate of drug-likeness (QED) is 0.722. The van der Waals surface area contributed by atoms with Crippen molar-refractivity contribution in [2.24, 2.45) is 0 Å². The molecule has 0 amide bonds. The Bertz CT molecular complexity index is 202. The van der Waals surface area contributed by atoms with Gasteiger partial charge in [-0.05, 0) is 0 Å². The van der Waals surface area contributed by atoms with Crippen LogP contribution < -0.4 is 2.81 Å². The van der Waals surface area contributed by atoms with E-state index in [1.165, 1.54) is 3.57 Å². The summed E-state index contributed by atoms with van der Waals surface area (Å²) in [4.78, 5) is 0. The van der Waals surface area contributed by atoms with E-state index in [2.05, 4.69) is 22.6 Å². The molecule has 0 heterocycles. The molecule has 0 atom stereocenters. The van der Waals surface area contributed by atoms with Gasteiger partial charge in [-0.15, -0.1) is 0 Å². The van der Waals surface area contributed by atoms with Gasteiger partial charge in [0.15, 0.2) is 0 Å². The average Bonchev–Trinajstić information content (AvgIpc) is 1.88. The number of hydrogen-bond acceptors (Lipinski definition) is 1. The first-order valence-corrected chi connectivity index (χ1v) is 4.50. The summed E-state index contributed by atoms with van der Waals surface area (Å²) in [6.07, 6.45) is 0. The van der Waals surface area contributed by atoms with Crippen molar-refractivity contribution in [3.8, 4) is 5.75 Å². The van der Waals surface area contributed by atoms with Gasteiger partial charge in [0.1, 0.15) is 0 Å². The minimum atomic E-state index is 0.958. The van der Waals surface area contributed by atoms with Gasteiger partial charge in [0.25, 0.3) is 0 Å². The van der Waals surface area contributed by atoms with Crippen molar-refractivity contribution in [3.05, 3.63) is 27.8 Å². The summed E-state index contributed by atoms with van der Waals surface area (Å²) < 4.78 is 6.30. The maximum absolute atomic E-state index is 5.08. The maximum atomic E-state index is 5.08. The molecular weight excluding hydrogens is 306 g/mol. The molecule has 0 spiro atoms. The van der Waals surface area contributed by atoms with E-state index in [-0.39, 0.29) is 0 Å². The van der Waals surface area contributed by atoms with E-state index in [9.17, 15) is 0 Å². The van der Waals surface area contributed by atoms with Crippen LogP contribution in [-0.2, 0) is 25.2 Å². The molecule has 0 aliphatic rings. The van der Waals surface area contributed by atoms with Crippen LogP contribution in [0.2, 0.25) is 0 Å². The van der Waals surface area contributed by atoms with Crippen molar-refractivity contribution in [2.45, 2.75) is 0 Å². The van der Waals surface area contributed by atoms with Crippen LogP contribution in [0.1, 0.15) is 0 Å². The van der Waals surface area contributed by atoms with E-state index >= 15 is 0 Å². The Morgan fingerprint density at radius 1 is 1.44 bits per heavy atom. The van der Waals surface area contributed by atoms with Crippen LogP contribution in [0, 0.1) is 3.57 Å². The molecule has 3 heteroatoms. The van der Waals surface area contributed by atoms with Crippen LogP contribution in [0.15, 0.2) is 24.3 Å². The predicted molar refractivity (Wildman–Crippen MR) is 39.8 cm³/mol. The van der Waals surface area contributed by atoms with E-state index in [0.717, 1.165) is 30.9 Å². The first-order valence-electron chi connectivity index (χ1n) is 2.42. The Morgan fingerprint density at radius 3 is 2.67 bits per heavy atom. The molecule has 0 aliphatic carbocycles. The Hall–Kier alpha value is 0.633. The topological polar surface area (TPSA) is 9.23 Å². The molecule has 0 radical (unpaired) electrons. The van der Waals surface area contributed by atoms with E-state index in [0.29, 0.717) is 0 Å². The van der Waals surface area contributed by atoms with E-state index in [4.69, 9.17) is 2.81 Å². The average molecular weight is 310 g/mol. The molecule has 1 aromatic rings. The SMILES string of the molecule is [Zr][O]c1cccc(I)c1. The van der Waals surface area contributed by atoms with Gasteiger partial charge in [-0.1, -0.05) is 0 Å². The molecule has 0 saturated heterocycles. The van der Waals surface area contributed by atoms with Crippen LogP contribution in [0.25, 0.3) is 0 Å². The third-order valence-corrected chi connectivity index (χ3v) is 2.16. The second-order valence-electron chi connectivity index (χ2n) is 1.56. The van der Waals surface area contributed by atoms with Gasteiger partial charge in [0.05, 0.1) is 0 Å². The molecule has 0 aromatic heterocycles. The first kappa shape index (κ1) is 7.74. The number of rotatable bonds is 1. The summed E-state index contributed by atoms with van der Waals surface area (Å²) in [7, 11) is 0. The second-order valence-corrected chi connectivity index (χ2v) is 3.31. The fourth-order valence-corrected chi connectivity index (χ4v) is 1.36. The van der Waals surface area contributed by atoms with E-state index < -0.39 is 0 Å². The summed E-state index contributed by atoms with van der Waals surface area (Å²) in [6.45, 7) is 0. The first-order chi connectivity index (χ1) is 4.33. The normalized spacial score (nSPS) is 8.89. The predicted octanol–water partition coefficient (Wildman–Crippen LogP) is 2.13. The van der Waals surface area contributed by atoms with Crippen LogP contribution >= 0.6 is 22.6 Å². The molecule has 1 nitrogen and oxygen atoms in total. The Balaban J connectivity index is 2.94. The molecule has 9 heavy (non-hydrogen) atoms. The van der Waals surface area contributed by atoms with Crippen molar-refractivity contribution in [2.75, 3.05) is 0 Å². The fraction of sp³-hybridized carbons (Fsp3) is 0. The summed E-state index contributed by atoms with van der Waals surface area (Å²) in [5, 5.41) is 0. The van der Waals surface area contributed by atoms with Gasteiger partial charge >= 0.3 is 84.1 Å². The zero-order valence-electron chi connectivity index (χ0n) is 4.60. The summed E-state index contributed by atoms with van der Waals surface area (Å²) in [5.74, 6) is 0.958. The van der Waals surface area contributed by atoms with Gasteiger partial charge < -0.3 is 0 Å². The van der Waals surface area contributed by atoms with Crippen molar-refractivity contribution < 1.29 is 28.0 Å². The zero-order valence-corrected chi connectivity index (χ0v) is 9.21. The van der Waals surface area contributed by atoms with Crippen LogP contribution in [0.4, 0.5) is 0 Å². The Labute approximate surface area is 83.4 Å². The summed E-state index contributed by atoms with van der Waals surface area (Å²) in [6, 6.07) is 7.99. The molecule has 1 aromatic carbocycles. The number of benzene rings is 1. The number of halogens is 1. The molecule has 0 bridgehead atoms. The van der Waals surface area contributed by atoms with Crippen molar-refractivity contribution in [3.63, 3.8) is 0 Å². The van der Waals surface area contributed by atoms with Crippen molar-refractivity contribution >= 4 is 22.6 Å². The molecular formula is C6H4IOZr. The second kappa shape index (κ2) is 3.72. The molecule has 0 fully saturated rings. The molecule has 1 rings (SSSR count). The van der Waals surface area contributed by atoms with Gasteiger partial charge in [-0.2, -0.15) is 0 Å². The van der Waals surface area contributed by atoms with Gasteiger partial charge in [-0.3, -0.25) is 0 Å². The third-order valence-electron chi connectivity index (χ3n) is 0.914. The standard InChI is InChI=1S/C6H5IO.Zr/c7-5-2-1-3-6(8)4-5;/h1-4,8H;/q;+1/p-1. The Kier molecular flexibility index (Phi) is 3.20. The molecule has 45 valence electrons. The zero-order chi connectivity index (χ0) is 6.69. The van der Waals surface area contributed by atoms with Crippen LogP contribution in [-0.4, -0.2) is 0 Å². The summed E-state index contributed by atoms with van der Waals surface area (Å²) in [5.41, 5.74) is 0. The number of hydrogen-bond donors (Lipinski definition) is 0. The Morgan fingerprint density at radius 2 is 2.22 bits per heavy atom. The van der Waals surface area contributed by atoms with Crippen molar-refractivity contribution in [1.29, 1.82) is 0 Å². The minimum absolute atomic E-state index is 0.958. The van der Waals surface area contributed by atoms with E-state index in [1.54, 1.807) is 0 Å². The van der Waals surface area contributed by atoms with Gasteiger partial charge in [-0.25, -0.2) is 0 Å². The fourth-order valence-electron chi connectivity index (χ4n) is 0.530. The van der Waals surface area contributed by atoms with Crippen molar-refractivity contribution in [1.82, 2.24) is 0 Å². The summed E-state index contributed by atoms with van der Waals surface area (Å²) >= 11 is 3.35. The molecule has 0 saturated carbocycles. The third kappa shape index (κ3) is 2.38. The molecule has 0 unspecified atom stereocenters. The molecule has 0 N–H and O–H groups in total. The van der Waals surface area contributed by atoms with Crippen LogP contribution in [0.5, 0.6) is 5.75 Å². The molecule has 0 aliphatic heterocycles. The van der Waals surface area contributed by atoms with Crippen LogP contribution in [0.3, 0.4) is 0 Å². The van der Waals surface area contributed by atoms with Gasteiger partial charge in [0, 0.05) is 0 Å². The van der Waals surface area contributed by atoms with E-state index in [1.807, 2.05) is 24.3 Å². The monoisotopic (exact) mass is 309 g/mol.